The number of rotatable bonds is 18. The van der Waals surface area contributed by atoms with Crippen molar-refractivity contribution < 1.29 is 38.4 Å². The molecule has 0 aliphatic carbocycles. The lowest BCUT2D eigenvalue weighted by atomic mass is 10.1. The molecular weight excluding hydrogens is 537 g/mol. The highest BCUT2D eigenvalue weighted by atomic mass is 35.5. The van der Waals surface area contributed by atoms with Crippen LogP contribution >= 0.6 is 23.2 Å². The van der Waals surface area contributed by atoms with Crippen molar-refractivity contribution in [2.75, 3.05) is 53.2 Å². The summed E-state index contributed by atoms with van der Waals surface area (Å²) in [6.07, 6.45) is -0.501. The number of amides is 1. The Labute approximate surface area is 233 Å². The Morgan fingerprint density at radius 3 is 2.29 bits per heavy atom. The van der Waals surface area contributed by atoms with Gasteiger partial charge in [0.15, 0.2) is 6.10 Å². The van der Waals surface area contributed by atoms with E-state index in [4.69, 9.17) is 46.9 Å². The highest BCUT2D eigenvalue weighted by Crippen LogP contribution is 2.19. The van der Waals surface area contributed by atoms with Gasteiger partial charge in [0, 0.05) is 43.3 Å². The summed E-state index contributed by atoms with van der Waals surface area (Å²) in [5, 5.41) is 10.3. The molecule has 0 fully saturated rings. The molecular formula is C27H35Cl2NO8. The van der Waals surface area contributed by atoms with E-state index >= 15 is 0 Å². The first-order chi connectivity index (χ1) is 18.3. The first kappa shape index (κ1) is 31.7. The highest BCUT2D eigenvalue weighted by Gasteiger charge is 2.18. The monoisotopic (exact) mass is 571 g/mol. The molecule has 210 valence electrons. The van der Waals surface area contributed by atoms with E-state index in [0.717, 1.165) is 11.1 Å². The molecule has 1 amide bonds. The molecule has 1 N–H and O–H groups in total. The second-order valence-electron chi connectivity index (χ2n) is 8.26. The van der Waals surface area contributed by atoms with E-state index in [9.17, 15) is 14.7 Å². The van der Waals surface area contributed by atoms with Crippen molar-refractivity contribution in [2.24, 2.45) is 0 Å². The lowest BCUT2D eigenvalue weighted by Crippen LogP contribution is -2.36. The zero-order valence-electron chi connectivity index (χ0n) is 21.7. The summed E-state index contributed by atoms with van der Waals surface area (Å²) in [7, 11) is 1.54. The number of aliphatic carboxylic acids is 1. The summed E-state index contributed by atoms with van der Waals surface area (Å²) in [5.74, 6) is -0.392. The SMILES string of the molecule is CCOC(Cc1ccc(OCCN(CCCOCc2cc(Cl)cc(Cl)c2)C(=O)OCCOC)cc1)C(=O)O. The molecule has 1 unspecified atom stereocenters. The van der Waals surface area contributed by atoms with Crippen LogP contribution in [0.15, 0.2) is 42.5 Å². The quantitative estimate of drug-likeness (QED) is 0.246. The van der Waals surface area contributed by atoms with Crippen molar-refractivity contribution in [3.05, 3.63) is 63.6 Å². The number of halogens is 2. The molecule has 2 rings (SSSR count). The minimum absolute atomic E-state index is 0.152. The Hall–Kier alpha value is -2.56. The molecule has 0 heterocycles. The second-order valence-corrected chi connectivity index (χ2v) is 9.13. The number of ether oxygens (including phenoxy) is 5. The van der Waals surface area contributed by atoms with Gasteiger partial charge in [-0.05, 0) is 54.8 Å². The smallest absolute Gasteiger partial charge is 0.409 e. The first-order valence-electron chi connectivity index (χ1n) is 12.3. The van der Waals surface area contributed by atoms with Crippen LogP contribution in [-0.4, -0.2) is 81.4 Å². The van der Waals surface area contributed by atoms with Crippen molar-refractivity contribution in [3.63, 3.8) is 0 Å². The molecule has 38 heavy (non-hydrogen) atoms. The summed E-state index contributed by atoms with van der Waals surface area (Å²) >= 11 is 12.0. The van der Waals surface area contributed by atoms with Gasteiger partial charge in [-0.1, -0.05) is 35.3 Å². The number of nitrogens with zero attached hydrogens (tertiary/aromatic N) is 1. The first-order valence-corrected chi connectivity index (χ1v) is 13.1. The molecule has 1 atom stereocenters. The zero-order valence-corrected chi connectivity index (χ0v) is 23.2. The number of carboxylic acid groups (broad SMARTS) is 1. The van der Waals surface area contributed by atoms with Gasteiger partial charge < -0.3 is 33.7 Å². The molecule has 0 aliphatic heterocycles. The fraction of sp³-hybridized carbons (Fsp3) is 0.481. The van der Waals surface area contributed by atoms with Gasteiger partial charge in [-0.25, -0.2) is 9.59 Å². The molecule has 0 saturated heterocycles. The fourth-order valence-corrected chi connectivity index (χ4v) is 4.04. The number of hydrogen-bond donors (Lipinski definition) is 1. The fourth-order valence-electron chi connectivity index (χ4n) is 3.47. The van der Waals surface area contributed by atoms with Crippen LogP contribution in [0.25, 0.3) is 0 Å². The summed E-state index contributed by atoms with van der Waals surface area (Å²) < 4.78 is 27.0. The molecule has 2 aromatic carbocycles. The van der Waals surface area contributed by atoms with Crippen LogP contribution in [0.5, 0.6) is 5.75 Å². The largest absolute Gasteiger partial charge is 0.492 e. The van der Waals surface area contributed by atoms with Crippen LogP contribution < -0.4 is 4.74 Å². The van der Waals surface area contributed by atoms with E-state index in [1.54, 1.807) is 54.3 Å². The number of carboxylic acids is 1. The maximum atomic E-state index is 12.5. The molecule has 0 saturated carbocycles. The van der Waals surface area contributed by atoms with Gasteiger partial charge in [-0.15, -0.1) is 0 Å². The summed E-state index contributed by atoms with van der Waals surface area (Å²) in [6, 6.07) is 12.4. The van der Waals surface area contributed by atoms with Crippen molar-refractivity contribution in [2.45, 2.75) is 32.5 Å². The van der Waals surface area contributed by atoms with E-state index in [0.29, 0.717) is 61.7 Å². The zero-order chi connectivity index (χ0) is 27.8. The van der Waals surface area contributed by atoms with Crippen LogP contribution in [-0.2, 0) is 36.8 Å². The van der Waals surface area contributed by atoms with E-state index in [2.05, 4.69) is 0 Å². The standard InChI is InChI=1S/C27H35Cl2NO8/c1-3-36-25(26(31)32)17-20-5-7-24(8-6-20)37-12-10-30(27(33)38-14-13-34-2)9-4-11-35-19-21-15-22(28)18-23(29)16-21/h5-8,15-16,18,25H,3-4,9-14,17,19H2,1-2H3,(H,31,32). The third-order valence-corrected chi connectivity index (χ3v) is 5.73. The van der Waals surface area contributed by atoms with Crippen molar-refractivity contribution in [1.29, 1.82) is 0 Å². The van der Waals surface area contributed by atoms with Gasteiger partial charge in [-0.3, -0.25) is 0 Å². The average Bonchev–Trinajstić information content (AvgIpc) is 2.87. The lowest BCUT2D eigenvalue weighted by molar-refractivity contribution is -0.149. The predicted molar refractivity (Wildman–Crippen MR) is 144 cm³/mol. The lowest BCUT2D eigenvalue weighted by Gasteiger charge is -2.22. The number of carbonyl (C=O) groups excluding carboxylic acids is 1. The van der Waals surface area contributed by atoms with Crippen molar-refractivity contribution in [1.82, 2.24) is 4.90 Å². The Kier molecular flexibility index (Phi) is 14.9. The summed E-state index contributed by atoms with van der Waals surface area (Å²) in [5.41, 5.74) is 1.69. The van der Waals surface area contributed by atoms with E-state index in [1.807, 2.05) is 0 Å². The topological polar surface area (TPSA) is 104 Å². The van der Waals surface area contributed by atoms with Crippen molar-refractivity contribution >= 4 is 35.3 Å². The molecule has 2 aromatic rings. The molecule has 0 spiro atoms. The molecule has 9 nitrogen and oxygen atoms in total. The molecule has 11 heteroatoms. The highest BCUT2D eigenvalue weighted by molar-refractivity contribution is 6.34. The number of methoxy groups -OCH3 is 1. The van der Waals surface area contributed by atoms with Gasteiger partial charge in [0.2, 0.25) is 0 Å². The third-order valence-electron chi connectivity index (χ3n) is 5.30. The van der Waals surface area contributed by atoms with Crippen LogP contribution in [0.3, 0.4) is 0 Å². The summed E-state index contributed by atoms with van der Waals surface area (Å²) in [6.45, 7) is 4.29. The van der Waals surface area contributed by atoms with E-state index in [-0.39, 0.29) is 19.6 Å². The number of carbonyl (C=O) groups is 2. The Morgan fingerprint density at radius 2 is 1.66 bits per heavy atom. The Balaban J connectivity index is 1.82. The number of hydrogen-bond acceptors (Lipinski definition) is 7. The van der Waals surface area contributed by atoms with Crippen LogP contribution in [0.4, 0.5) is 4.79 Å². The molecule has 0 radical (unpaired) electrons. The maximum Gasteiger partial charge on any atom is 0.409 e. The minimum Gasteiger partial charge on any atom is -0.492 e. The van der Waals surface area contributed by atoms with Gasteiger partial charge in [0.05, 0.1) is 19.8 Å². The van der Waals surface area contributed by atoms with Gasteiger partial charge in [0.1, 0.15) is 19.0 Å². The Morgan fingerprint density at radius 1 is 0.947 bits per heavy atom. The van der Waals surface area contributed by atoms with Crippen LogP contribution in [0.1, 0.15) is 24.5 Å². The Bertz CT molecular complexity index is 969. The summed E-state index contributed by atoms with van der Waals surface area (Å²) in [4.78, 5) is 25.4. The second kappa shape index (κ2) is 17.9. The maximum absolute atomic E-state index is 12.5. The third kappa shape index (κ3) is 12.3. The normalized spacial score (nSPS) is 11.7. The van der Waals surface area contributed by atoms with Crippen LogP contribution in [0, 0.1) is 0 Å². The van der Waals surface area contributed by atoms with Gasteiger partial charge in [0.25, 0.3) is 0 Å². The van der Waals surface area contributed by atoms with Crippen LogP contribution in [0.2, 0.25) is 10.0 Å². The number of benzene rings is 2. The van der Waals surface area contributed by atoms with Crippen molar-refractivity contribution in [3.8, 4) is 5.75 Å². The molecule has 0 aliphatic rings. The van der Waals surface area contributed by atoms with E-state index in [1.165, 1.54) is 7.11 Å². The average molecular weight is 572 g/mol. The molecule has 0 bridgehead atoms. The van der Waals surface area contributed by atoms with E-state index < -0.39 is 18.2 Å². The minimum atomic E-state index is -0.996. The van der Waals surface area contributed by atoms with Gasteiger partial charge >= 0.3 is 12.1 Å². The predicted octanol–water partition coefficient (Wildman–Crippen LogP) is 5.10. The molecule has 0 aromatic heterocycles. The van der Waals surface area contributed by atoms with Gasteiger partial charge in [-0.2, -0.15) is 0 Å².